The van der Waals surface area contributed by atoms with Crippen molar-refractivity contribution in [2.24, 2.45) is 0 Å². The molecule has 1 unspecified atom stereocenters. The van der Waals surface area contributed by atoms with Crippen LogP contribution in [0.1, 0.15) is 41.6 Å². The molecule has 1 saturated heterocycles. The van der Waals surface area contributed by atoms with Gasteiger partial charge in [-0.2, -0.15) is 4.98 Å². The maximum absolute atomic E-state index is 12.9. The predicted molar refractivity (Wildman–Crippen MR) is 91.6 cm³/mol. The van der Waals surface area contributed by atoms with E-state index >= 15 is 0 Å². The highest BCUT2D eigenvalue weighted by atomic mass is 16.5. The summed E-state index contributed by atoms with van der Waals surface area (Å²) in [6, 6.07) is 13.1. The molecule has 0 bridgehead atoms. The fraction of sp³-hybridized carbons (Fsp3) is 0.263. The van der Waals surface area contributed by atoms with Crippen LogP contribution in [-0.4, -0.2) is 32.5 Å². The van der Waals surface area contributed by atoms with Crippen LogP contribution in [0.5, 0.6) is 0 Å². The fourth-order valence-electron chi connectivity index (χ4n) is 3.16. The summed E-state index contributed by atoms with van der Waals surface area (Å²) in [5.74, 6) is 1.00. The Bertz CT molecular complexity index is 848. The van der Waals surface area contributed by atoms with E-state index in [4.69, 9.17) is 4.52 Å². The zero-order chi connectivity index (χ0) is 17.1. The van der Waals surface area contributed by atoms with Crippen LogP contribution in [0.25, 0.3) is 11.4 Å². The van der Waals surface area contributed by atoms with E-state index in [1.165, 1.54) is 0 Å². The highest BCUT2D eigenvalue weighted by Gasteiger charge is 2.32. The summed E-state index contributed by atoms with van der Waals surface area (Å²) in [6.07, 6.45) is 6.08. The van der Waals surface area contributed by atoms with Gasteiger partial charge in [-0.3, -0.25) is 9.78 Å². The molecule has 1 aliphatic heterocycles. The molecule has 0 aliphatic carbocycles. The van der Waals surface area contributed by atoms with Crippen molar-refractivity contribution in [2.45, 2.75) is 25.3 Å². The van der Waals surface area contributed by atoms with Gasteiger partial charge in [0.2, 0.25) is 11.7 Å². The third kappa shape index (κ3) is 3.15. The molecule has 1 fully saturated rings. The second kappa shape index (κ2) is 6.84. The SMILES string of the molecule is O=C(c1cccnc1)N1CCCCC1c1nc(-c2ccccc2)no1. The summed E-state index contributed by atoms with van der Waals surface area (Å²) in [4.78, 5) is 23.3. The molecule has 3 aromatic rings. The maximum Gasteiger partial charge on any atom is 0.256 e. The number of pyridine rings is 1. The first-order chi connectivity index (χ1) is 12.3. The van der Waals surface area contributed by atoms with Gasteiger partial charge in [0.05, 0.1) is 5.56 Å². The minimum absolute atomic E-state index is 0.0442. The number of aromatic nitrogens is 3. The molecule has 126 valence electrons. The predicted octanol–water partition coefficient (Wildman–Crippen LogP) is 3.50. The lowest BCUT2D eigenvalue weighted by molar-refractivity contribution is 0.0561. The van der Waals surface area contributed by atoms with E-state index in [1.807, 2.05) is 35.2 Å². The Morgan fingerprint density at radius 2 is 2.00 bits per heavy atom. The Morgan fingerprint density at radius 1 is 1.12 bits per heavy atom. The molecular formula is C19H18N4O2. The van der Waals surface area contributed by atoms with Crippen LogP contribution in [0.2, 0.25) is 0 Å². The molecule has 0 spiro atoms. The van der Waals surface area contributed by atoms with Gasteiger partial charge >= 0.3 is 0 Å². The normalized spacial score (nSPS) is 17.4. The van der Waals surface area contributed by atoms with Gasteiger partial charge in [0.25, 0.3) is 5.91 Å². The lowest BCUT2D eigenvalue weighted by atomic mass is 10.0. The van der Waals surface area contributed by atoms with Crippen molar-refractivity contribution in [1.29, 1.82) is 0 Å². The van der Waals surface area contributed by atoms with Crippen molar-refractivity contribution in [3.05, 3.63) is 66.3 Å². The molecule has 1 aliphatic rings. The number of rotatable bonds is 3. The van der Waals surface area contributed by atoms with Crippen molar-refractivity contribution < 1.29 is 9.32 Å². The Balaban J connectivity index is 1.62. The Hall–Kier alpha value is -3.02. The first kappa shape index (κ1) is 15.5. The average Bonchev–Trinajstić information content (AvgIpc) is 3.19. The van der Waals surface area contributed by atoms with E-state index < -0.39 is 0 Å². The van der Waals surface area contributed by atoms with E-state index in [9.17, 15) is 4.79 Å². The first-order valence-corrected chi connectivity index (χ1v) is 8.43. The average molecular weight is 334 g/mol. The summed E-state index contributed by atoms with van der Waals surface area (Å²) < 4.78 is 5.50. The van der Waals surface area contributed by atoms with Gasteiger partial charge in [0.15, 0.2) is 0 Å². The van der Waals surface area contributed by atoms with Gasteiger partial charge in [-0.15, -0.1) is 0 Å². The summed E-state index contributed by atoms with van der Waals surface area (Å²) >= 11 is 0. The fourth-order valence-corrected chi connectivity index (χ4v) is 3.16. The van der Waals surface area contributed by atoms with Crippen LogP contribution in [-0.2, 0) is 0 Å². The summed E-state index contributed by atoms with van der Waals surface area (Å²) in [6.45, 7) is 0.682. The minimum atomic E-state index is -0.189. The second-order valence-electron chi connectivity index (χ2n) is 6.07. The lowest BCUT2D eigenvalue weighted by Gasteiger charge is -2.33. The molecule has 25 heavy (non-hydrogen) atoms. The minimum Gasteiger partial charge on any atom is -0.337 e. The largest absolute Gasteiger partial charge is 0.337 e. The molecule has 6 heteroatoms. The molecule has 1 aromatic carbocycles. The van der Waals surface area contributed by atoms with Crippen LogP contribution in [0.4, 0.5) is 0 Å². The third-order valence-electron chi connectivity index (χ3n) is 4.43. The summed E-state index contributed by atoms with van der Waals surface area (Å²) in [5, 5.41) is 4.09. The maximum atomic E-state index is 12.9. The molecule has 0 radical (unpaired) electrons. The number of hydrogen-bond donors (Lipinski definition) is 0. The number of carbonyl (C=O) groups excluding carboxylic acids is 1. The smallest absolute Gasteiger partial charge is 0.256 e. The molecule has 0 saturated carbocycles. The standard InChI is InChI=1S/C19H18N4O2/c24-19(15-9-6-11-20-13-15)23-12-5-4-10-16(23)18-21-17(22-25-18)14-7-2-1-3-8-14/h1-3,6-9,11,13,16H,4-5,10,12H2. The van der Waals surface area contributed by atoms with E-state index in [1.54, 1.807) is 24.5 Å². The molecule has 4 rings (SSSR count). The van der Waals surface area contributed by atoms with Gasteiger partial charge < -0.3 is 9.42 Å². The second-order valence-corrected chi connectivity index (χ2v) is 6.07. The zero-order valence-corrected chi connectivity index (χ0v) is 13.7. The zero-order valence-electron chi connectivity index (χ0n) is 13.7. The van der Waals surface area contributed by atoms with Crippen molar-refractivity contribution in [3.63, 3.8) is 0 Å². The number of piperidine rings is 1. The number of hydrogen-bond acceptors (Lipinski definition) is 5. The van der Waals surface area contributed by atoms with Crippen LogP contribution in [0.15, 0.2) is 59.4 Å². The third-order valence-corrected chi connectivity index (χ3v) is 4.43. The summed E-state index contributed by atoms with van der Waals surface area (Å²) in [5.41, 5.74) is 1.48. The molecule has 1 amide bonds. The molecule has 6 nitrogen and oxygen atoms in total. The Morgan fingerprint density at radius 3 is 2.80 bits per heavy atom. The van der Waals surface area contributed by atoms with Crippen molar-refractivity contribution in [3.8, 4) is 11.4 Å². The van der Waals surface area contributed by atoms with Crippen LogP contribution < -0.4 is 0 Å². The topological polar surface area (TPSA) is 72.1 Å². The molecule has 2 aromatic heterocycles. The number of carbonyl (C=O) groups is 1. The van der Waals surface area contributed by atoms with Gasteiger partial charge in [0, 0.05) is 24.5 Å². The van der Waals surface area contributed by atoms with Gasteiger partial charge in [0.1, 0.15) is 6.04 Å². The van der Waals surface area contributed by atoms with Crippen LogP contribution in [0.3, 0.4) is 0 Å². The number of amides is 1. The quantitative estimate of drug-likeness (QED) is 0.733. The molecule has 0 N–H and O–H groups in total. The highest BCUT2D eigenvalue weighted by Crippen LogP contribution is 2.32. The monoisotopic (exact) mass is 334 g/mol. The molecule has 3 heterocycles. The van der Waals surface area contributed by atoms with Crippen molar-refractivity contribution in [2.75, 3.05) is 6.54 Å². The summed E-state index contributed by atoms with van der Waals surface area (Å²) in [7, 11) is 0. The van der Waals surface area contributed by atoms with E-state index in [-0.39, 0.29) is 11.9 Å². The van der Waals surface area contributed by atoms with Gasteiger partial charge in [-0.25, -0.2) is 0 Å². The van der Waals surface area contributed by atoms with Crippen molar-refractivity contribution in [1.82, 2.24) is 20.0 Å². The van der Waals surface area contributed by atoms with Gasteiger partial charge in [-0.05, 0) is 31.4 Å². The number of benzene rings is 1. The Kier molecular flexibility index (Phi) is 4.24. The van der Waals surface area contributed by atoms with Crippen molar-refractivity contribution >= 4 is 5.91 Å². The van der Waals surface area contributed by atoms with E-state index in [0.29, 0.717) is 23.8 Å². The number of likely N-dealkylation sites (tertiary alicyclic amines) is 1. The van der Waals surface area contributed by atoms with Crippen LogP contribution in [0, 0.1) is 0 Å². The van der Waals surface area contributed by atoms with E-state index in [2.05, 4.69) is 15.1 Å². The first-order valence-electron chi connectivity index (χ1n) is 8.43. The highest BCUT2D eigenvalue weighted by molar-refractivity contribution is 5.94. The van der Waals surface area contributed by atoms with Crippen LogP contribution >= 0.6 is 0 Å². The number of nitrogens with zero attached hydrogens (tertiary/aromatic N) is 4. The van der Waals surface area contributed by atoms with E-state index in [0.717, 1.165) is 24.8 Å². The lowest BCUT2D eigenvalue weighted by Crippen LogP contribution is -2.38. The molecular weight excluding hydrogens is 316 g/mol. The van der Waals surface area contributed by atoms with Gasteiger partial charge in [-0.1, -0.05) is 35.5 Å². The Labute approximate surface area is 145 Å². The molecule has 1 atom stereocenters.